The third kappa shape index (κ3) is 4.63. The molecule has 2 aliphatic heterocycles. The SMILES string of the molecule is Cc1ccc(S(=O)(=O)Oc2ccc(C=C3C(=N)N4N=C(c5cccnc5)SC4=NC3=O)cc2)cc1. The van der Waals surface area contributed by atoms with E-state index in [1.54, 1.807) is 42.7 Å². The first-order valence-corrected chi connectivity index (χ1v) is 12.5. The van der Waals surface area contributed by atoms with Gasteiger partial charge in [0.15, 0.2) is 5.84 Å². The highest BCUT2D eigenvalue weighted by molar-refractivity contribution is 8.27. The number of carbonyl (C=O) groups is 1. The van der Waals surface area contributed by atoms with Gasteiger partial charge in [-0.05, 0) is 66.7 Å². The van der Waals surface area contributed by atoms with Crippen LogP contribution in [-0.4, -0.2) is 40.4 Å². The zero-order valence-electron chi connectivity index (χ0n) is 18.2. The van der Waals surface area contributed by atoms with Gasteiger partial charge in [-0.25, -0.2) is 0 Å². The fourth-order valence-electron chi connectivity index (χ4n) is 3.26. The molecule has 0 radical (unpaired) electrons. The molecule has 3 heterocycles. The first-order valence-electron chi connectivity index (χ1n) is 10.3. The number of benzene rings is 2. The van der Waals surface area contributed by atoms with Crippen molar-refractivity contribution in [2.24, 2.45) is 10.1 Å². The minimum absolute atomic E-state index is 0.0545. The van der Waals surface area contributed by atoms with Gasteiger partial charge in [0.05, 0.1) is 5.57 Å². The molecule has 1 aromatic heterocycles. The van der Waals surface area contributed by atoms with E-state index in [2.05, 4.69) is 15.1 Å². The molecule has 0 spiro atoms. The van der Waals surface area contributed by atoms with Crippen LogP contribution in [0.3, 0.4) is 0 Å². The number of amidine groups is 2. The van der Waals surface area contributed by atoms with Crippen molar-refractivity contribution in [3.63, 3.8) is 0 Å². The number of hydrogen-bond acceptors (Lipinski definition) is 8. The Balaban J connectivity index is 1.35. The number of nitrogens with zero attached hydrogens (tertiary/aromatic N) is 4. The molecule has 5 rings (SSSR count). The lowest BCUT2D eigenvalue weighted by atomic mass is 10.1. The topological polar surface area (TPSA) is 125 Å². The number of pyridine rings is 1. The first kappa shape index (κ1) is 22.7. The van der Waals surface area contributed by atoms with Crippen LogP contribution in [0.2, 0.25) is 0 Å². The summed E-state index contributed by atoms with van der Waals surface area (Å²) in [6, 6.07) is 16.1. The molecule has 0 saturated carbocycles. The summed E-state index contributed by atoms with van der Waals surface area (Å²) in [5.41, 5.74) is 2.33. The molecule has 0 atom stereocenters. The molecule has 174 valence electrons. The lowest BCUT2D eigenvalue weighted by molar-refractivity contribution is -0.114. The van der Waals surface area contributed by atoms with Crippen LogP contribution < -0.4 is 4.18 Å². The van der Waals surface area contributed by atoms with Crippen molar-refractivity contribution in [1.82, 2.24) is 9.99 Å². The number of aromatic nitrogens is 1. The highest BCUT2D eigenvalue weighted by Crippen LogP contribution is 2.31. The minimum Gasteiger partial charge on any atom is -0.379 e. The van der Waals surface area contributed by atoms with Gasteiger partial charge < -0.3 is 4.18 Å². The predicted octanol–water partition coefficient (Wildman–Crippen LogP) is 3.83. The van der Waals surface area contributed by atoms with Gasteiger partial charge in [0.25, 0.3) is 5.91 Å². The highest BCUT2D eigenvalue weighted by atomic mass is 32.2. The summed E-state index contributed by atoms with van der Waals surface area (Å²) < 4.78 is 30.2. The fourth-order valence-corrected chi connectivity index (χ4v) is 5.08. The van der Waals surface area contributed by atoms with Gasteiger partial charge >= 0.3 is 10.1 Å². The molecule has 0 fully saturated rings. The Morgan fingerprint density at radius 1 is 1.06 bits per heavy atom. The van der Waals surface area contributed by atoms with Crippen LogP contribution >= 0.6 is 11.8 Å². The molecule has 1 amide bonds. The number of hydrazone groups is 1. The molecule has 2 aromatic carbocycles. The minimum atomic E-state index is -3.98. The average molecular weight is 504 g/mol. The summed E-state index contributed by atoms with van der Waals surface area (Å²) in [5.74, 6) is -0.535. The number of carbonyl (C=O) groups excluding carboxylic acids is 1. The lowest BCUT2D eigenvalue weighted by Gasteiger charge is -2.20. The Morgan fingerprint density at radius 2 is 1.80 bits per heavy atom. The molecular weight excluding hydrogens is 486 g/mol. The Hall–Kier alpha value is -4.09. The molecular formula is C24H17N5O4S2. The number of aryl methyl sites for hydroxylation is 1. The maximum absolute atomic E-state index is 12.6. The molecule has 35 heavy (non-hydrogen) atoms. The second-order valence-corrected chi connectivity index (χ2v) is 10.1. The third-order valence-electron chi connectivity index (χ3n) is 5.07. The number of amides is 1. The van der Waals surface area contributed by atoms with Crippen LogP contribution in [0.1, 0.15) is 16.7 Å². The summed E-state index contributed by atoms with van der Waals surface area (Å²) in [6.07, 6.45) is 4.80. The van der Waals surface area contributed by atoms with E-state index in [1.165, 1.54) is 47.1 Å². The van der Waals surface area contributed by atoms with E-state index in [-0.39, 0.29) is 22.1 Å². The van der Waals surface area contributed by atoms with Crippen molar-refractivity contribution in [2.75, 3.05) is 0 Å². The summed E-state index contributed by atoms with van der Waals surface area (Å²) in [7, 11) is -3.98. The normalized spacial score (nSPS) is 16.7. The molecule has 11 heteroatoms. The number of aliphatic imine (C=N–C) groups is 1. The Labute approximate surface area is 205 Å². The predicted molar refractivity (Wildman–Crippen MR) is 134 cm³/mol. The number of nitrogens with one attached hydrogen (secondary N) is 1. The molecule has 0 aliphatic carbocycles. The number of fused-ring (bicyclic) bond motifs is 1. The van der Waals surface area contributed by atoms with Crippen molar-refractivity contribution in [3.8, 4) is 5.75 Å². The molecule has 0 unspecified atom stereocenters. The van der Waals surface area contributed by atoms with Crippen molar-refractivity contribution in [1.29, 1.82) is 5.41 Å². The quantitative estimate of drug-likeness (QED) is 0.414. The summed E-state index contributed by atoms with van der Waals surface area (Å²) in [4.78, 5) is 20.8. The molecule has 3 aromatic rings. The van der Waals surface area contributed by atoms with Crippen LogP contribution in [-0.2, 0) is 14.9 Å². The van der Waals surface area contributed by atoms with E-state index in [4.69, 9.17) is 9.59 Å². The van der Waals surface area contributed by atoms with Gasteiger partial charge in [-0.3, -0.25) is 15.2 Å². The van der Waals surface area contributed by atoms with Crippen molar-refractivity contribution >= 4 is 49.9 Å². The summed E-state index contributed by atoms with van der Waals surface area (Å²) in [5, 5.41) is 15.1. The maximum Gasteiger partial charge on any atom is 0.339 e. The number of thioether (sulfide) groups is 1. The van der Waals surface area contributed by atoms with Crippen molar-refractivity contribution in [2.45, 2.75) is 11.8 Å². The van der Waals surface area contributed by atoms with Crippen LogP contribution in [0.25, 0.3) is 6.08 Å². The van der Waals surface area contributed by atoms with Gasteiger partial charge in [-0.15, -0.1) is 0 Å². The number of hydrogen-bond donors (Lipinski definition) is 1. The van der Waals surface area contributed by atoms with E-state index in [0.29, 0.717) is 15.8 Å². The fraction of sp³-hybridized carbons (Fsp3) is 0.0417. The van der Waals surface area contributed by atoms with Gasteiger partial charge in [-0.2, -0.15) is 23.5 Å². The summed E-state index contributed by atoms with van der Waals surface area (Å²) in [6.45, 7) is 1.86. The summed E-state index contributed by atoms with van der Waals surface area (Å²) >= 11 is 1.19. The molecule has 2 aliphatic rings. The number of rotatable bonds is 5. The zero-order chi connectivity index (χ0) is 24.6. The van der Waals surface area contributed by atoms with E-state index < -0.39 is 16.0 Å². The van der Waals surface area contributed by atoms with Gasteiger partial charge in [0.2, 0.25) is 5.17 Å². The van der Waals surface area contributed by atoms with Gasteiger partial charge in [0.1, 0.15) is 15.7 Å². The molecule has 1 N–H and O–H groups in total. The van der Waals surface area contributed by atoms with Crippen molar-refractivity contribution < 1.29 is 17.4 Å². The molecule has 0 saturated heterocycles. The van der Waals surface area contributed by atoms with E-state index >= 15 is 0 Å². The Bertz CT molecular complexity index is 1530. The van der Waals surface area contributed by atoms with Crippen LogP contribution in [0.4, 0.5) is 0 Å². The Kier molecular flexibility index (Phi) is 5.79. The smallest absolute Gasteiger partial charge is 0.339 e. The van der Waals surface area contributed by atoms with E-state index in [9.17, 15) is 13.2 Å². The van der Waals surface area contributed by atoms with E-state index in [1.807, 2.05) is 13.0 Å². The highest BCUT2D eigenvalue weighted by Gasteiger charge is 2.36. The lowest BCUT2D eigenvalue weighted by Crippen LogP contribution is -2.35. The van der Waals surface area contributed by atoms with E-state index in [0.717, 1.165) is 11.1 Å². The average Bonchev–Trinajstić information content (AvgIpc) is 3.28. The second kappa shape index (κ2) is 8.93. The third-order valence-corrected chi connectivity index (χ3v) is 7.29. The second-order valence-electron chi connectivity index (χ2n) is 7.59. The van der Waals surface area contributed by atoms with Crippen LogP contribution in [0, 0.1) is 12.3 Å². The van der Waals surface area contributed by atoms with Crippen LogP contribution in [0.15, 0.2) is 93.6 Å². The first-order chi connectivity index (χ1) is 16.8. The largest absolute Gasteiger partial charge is 0.379 e. The standard InChI is InChI=1S/C24H17N5O4S2/c1-15-4-10-19(11-5-15)35(31,32)33-18-8-6-16(7-9-18)13-20-21(25)29-24(27-22(20)30)34-23(28-29)17-3-2-12-26-14-17/h2-14,25H,1H3. The van der Waals surface area contributed by atoms with Crippen molar-refractivity contribution in [3.05, 3.63) is 95.3 Å². The monoisotopic (exact) mass is 503 g/mol. The molecule has 0 bridgehead atoms. The molecule has 9 nitrogen and oxygen atoms in total. The van der Waals surface area contributed by atoms with Crippen LogP contribution in [0.5, 0.6) is 5.75 Å². The maximum atomic E-state index is 12.6. The van der Waals surface area contributed by atoms with Gasteiger partial charge in [-0.1, -0.05) is 29.8 Å². The zero-order valence-corrected chi connectivity index (χ0v) is 19.9. The Morgan fingerprint density at radius 3 is 2.49 bits per heavy atom. The van der Waals surface area contributed by atoms with Gasteiger partial charge in [0, 0.05) is 18.0 Å².